The number of rotatable bonds is 9. The van der Waals surface area contributed by atoms with Crippen LogP contribution in [0.1, 0.15) is 38.7 Å². The van der Waals surface area contributed by atoms with Crippen LogP contribution < -0.4 is 21.3 Å². The van der Waals surface area contributed by atoms with Gasteiger partial charge in [0.2, 0.25) is 23.6 Å². The Morgan fingerprint density at radius 1 is 1.16 bits per heavy atom. The van der Waals surface area contributed by atoms with Gasteiger partial charge >= 0.3 is 6.09 Å². The highest BCUT2D eigenvalue weighted by molar-refractivity contribution is 5.94. The van der Waals surface area contributed by atoms with Crippen molar-refractivity contribution in [2.24, 2.45) is 0 Å². The molecule has 16 nitrogen and oxygen atoms in total. The van der Waals surface area contributed by atoms with E-state index in [0.29, 0.717) is 31.5 Å². The molecule has 7 unspecified atom stereocenters. The van der Waals surface area contributed by atoms with E-state index in [2.05, 4.69) is 26.3 Å². The SMILES string of the molecule is CC(NC(=O)C1CNCCN1C(=O)OCc1cccnc1)C(=O)NCC(=O)N1CCCC1C(=O)NC1CC(O)OC(C)C1O. The van der Waals surface area contributed by atoms with Crippen LogP contribution in [0.4, 0.5) is 4.79 Å². The quantitative estimate of drug-likeness (QED) is 0.171. The number of amides is 5. The second-order valence-electron chi connectivity index (χ2n) is 11.2. The van der Waals surface area contributed by atoms with Crippen molar-refractivity contribution < 1.29 is 43.7 Å². The Kier molecular flexibility index (Phi) is 11.4. The molecule has 4 heterocycles. The van der Waals surface area contributed by atoms with Crippen LogP contribution in [-0.2, 0) is 35.3 Å². The Balaban J connectivity index is 1.24. The molecule has 3 fully saturated rings. The first kappa shape index (κ1) is 33.0. The standard InChI is InChI=1S/C28H41N7O9/c1-16(32-27(41)21-13-30-8-10-35(21)28(42)43-15-18-5-3-7-29-12-18)25(39)31-14-22(36)34-9-4-6-20(34)26(40)33-19-11-23(37)44-17(2)24(19)38/h3,5,7,12,16-17,19-21,23-24,30,37-38H,4,6,8-11,13-15H2,1-2H3,(H,31,39)(H,32,41)(H,33,40). The number of pyridine rings is 1. The topological polar surface area (TPSA) is 212 Å². The molecule has 3 aliphatic rings. The molecular formula is C28H41N7O9. The number of nitrogens with one attached hydrogen (secondary N) is 4. The maximum Gasteiger partial charge on any atom is 0.410 e. The van der Waals surface area contributed by atoms with E-state index in [0.717, 1.165) is 0 Å². The molecule has 242 valence electrons. The Morgan fingerprint density at radius 3 is 2.70 bits per heavy atom. The largest absolute Gasteiger partial charge is 0.444 e. The third-order valence-corrected chi connectivity index (χ3v) is 7.96. The van der Waals surface area contributed by atoms with Crippen LogP contribution >= 0.6 is 0 Å². The maximum absolute atomic E-state index is 13.0. The van der Waals surface area contributed by atoms with E-state index >= 15 is 0 Å². The predicted octanol–water partition coefficient (Wildman–Crippen LogP) is -2.42. The van der Waals surface area contributed by atoms with Crippen molar-refractivity contribution in [2.75, 3.05) is 32.7 Å². The van der Waals surface area contributed by atoms with Crippen molar-refractivity contribution in [3.8, 4) is 0 Å². The number of aliphatic hydroxyl groups is 2. The summed E-state index contributed by atoms with van der Waals surface area (Å²) in [5, 5.41) is 31.0. The summed E-state index contributed by atoms with van der Waals surface area (Å²) in [5.41, 5.74) is 0.699. The zero-order valence-electron chi connectivity index (χ0n) is 24.8. The van der Waals surface area contributed by atoms with E-state index in [1.165, 1.54) is 16.7 Å². The van der Waals surface area contributed by atoms with E-state index in [1.807, 2.05) is 0 Å². The van der Waals surface area contributed by atoms with E-state index < -0.39 is 78.9 Å². The average Bonchev–Trinajstić information content (AvgIpc) is 3.52. The van der Waals surface area contributed by atoms with Gasteiger partial charge in [-0.05, 0) is 32.8 Å². The van der Waals surface area contributed by atoms with Gasteiger partial charge in [-0.2, -0.15) is 0 Å². The van der Waals surface area contributed by atoms with Gasteiger partial charge in [0.15, 0.2) is 6.29 Å². The van der Waals surface area contributed by atoms with Gasteiger partial charge in [0.25, 0.3) is 0 Å². The van der Waals surface area contributed by atoms with Gasteiger partial charge in [-0.15, -0.1) is 0 Å². The highest BCUT2D eigenvalue weighted by Crippen LogP contribution is 2.22. The lowest BCUT2D eigenvalue weighted by atomic mass is 9.99. The van der Waals surface area contributed by atoms with Crippen LogP contribution in [0.25, 0.3) is 0 Å². The number of carbonyl (C=O) groups excluding carboxylic acids is 5. The summed E-state index contributed by atoms with van der Waals surface area (Å²) >= 11 is 0. The maximum atomic E-state index is 13.0. The molecule has 0 bridgehead atoms. The Hall–Kier alpha value is -3.86. The highest BCUT2D eigenvalue weighted by atomic mass is 16.6. The molecule has 5 amide bonds. The molecule has 0 radical (unpaired) electrons. The van der Waals surface area contributed by atoms with Crippen LogP contribution in [0, 0.1) is 0 Å². The zero-order valence-corrected chi connectivity index (χ0v) is 24.8. The van der Waals surface area contributed by atoms with Crippen molar-refractivity contribution in [3.63, 3.8) is 0 Å². The van der Waals surface area contributed by atoms with Crippen LogP contribution in [-0.4, -0.2) is 130 Å². The van der Waals surface area contributed by atoms with Crippen LogP contribution in [0.15, 0.2) is 24.5 Å². The first-order valence-corrected chi connectivity index (χ1v) is 14.8. The van der Waals surface area contributed by atoms with Gasteiger partial charge in [0, 0.05) is 50.6 Å². The Morgan fingerprint density at radius 2 is 1.95 bits per heavy atom. The monoisotopic (exact) mass is 619 g/mol. The fraction of sp³-hybridized carbons (Fsp3) is 0.643. The van der Waals surface area contributed by atoms with E-state index in [1.54, 1.807) is 31.5 Å². The van der Waals surface area contributed by atoms with Gasteiger partial charge in [-0.25, -0.2) is 4.79 Å². The Bertz CT molecular complexity index is 1190. The predicted molar refractivity (Wildman–Crippen MR) is 152 cm³/mol. The van der Waals surface area contributed by atoms with Gasteiger partial charge in [0.05, 0.1) is 18.7 Å². The Labute approximate surface area is 254 Å². The van der Waals surface area contributed by atoms with Gasteiger partial charge < -0.3 is 45.9 Å². The number of aromatic nitrogens is 1. The summed E-state index contributed by atoms with van der Waals surface area (Å²) in [4.78, 5) is 71.1. The summed E-state index contributed by atoms with van der Waals surface area (Å²) in [6.45, 7) is 3.84. The molecule has 1 aromatic heterocycles. The summed E-state index contributed by atoms with van der Waals surface area (Å²) in [6.07, 6.45) is 0.697. The third kappa shape index (κ3) is 8.40. The molecule has 0 saturated carbocycles. The number of ether oxygens (including phenoxy) is 2. The minimum Gasteiger partial charge on any atom is -0.444 e. The summed E-state index contributed by atoms with van der Waals surface area (Å²) in [5.74, 6) is -2.11. The molecule has 0 spiro atoms. The molecule has 6 N–H and O–H groups in total. The number of nitrogens with zero attached hydrogens (tertiary/aromatic N) is 3. The number of piperazine rings is 1. The molecule has 4 rings (SSSR count). The van der Waals surface area contributed by atoms with Gasteiger partial charge in [-0.3, -0.25) is 29.1 Å². The first-order chi connectivity index (χ1) is 21.0. The number of aliphatic hydroxyl groups excluding tert-OH is 2. The molecule has 0 aromatic carbocycles. The number of hydrogen-bond donors (Lipinski definition) is 6. The molecule has 16 heteroatoms. The van der Waals surface area contributed by atoms with Crippen LogP contribution in [0.5, 0.6) is 0 Å². The smallest absolute Gasteiger partial charge is 0.410 e. The van der Waals surface area contributed by atoms with Gasteiger partial charge in [0.1, 0.15) is 30.8 Å². The lowest BCUT2D eigenvalue weighted by Crippen LogP contribution is -2.61. The lowest BCUT2D eigenvalue weighted by Gasteiger charge is -2.37. The van der Waals surface area contributed by atoms with Crippen molar-refractivity contribution >= 4 is 29.7 Å². The molecule has 3 aliphatic heterocycles. The lowest BCUT2D eigenvalue weighted by molar-refractivity contribution is -0.203. The molecule has 0 aliphatic carbocycles. The minimum absolute atomic E-state index is 0.00284. The fourth-order valence-electron chi connectivity index (χ4n) is 5.49. The number of carbonyl (C=O) groups is 5. The molecule has 44 heavy (non-hydrogen) atoms. The zero-order chi connectivity index (χ0) is 31.8. The molecule has 3 saturated heterocycles. The van der Waals surface area contributed by atoms with Crippen molar-refractivity contribution in [1.29, 1.82) is 0 Å². The third-order valence-electron chi connectivity index (χ3n) is 7.96. The molecular weight excluding hydrogens is 578 g/mol. The van der Waals surface area contributed by atoms with E-state index in [-0.39, 0.29) is 26.1 Å². The number of likely N-dealkylation sites (tertiary alicyclic amines) is 1. The van der Waals surface area contributed by atoms with Crippen molar-refractivity contribution in [2.45, 2.75) is 82.4 Å². The fourth-order valence-corrected chi connectivity index (χ4v) is 5.49. The average molecular weight is 620 g/mol. The molecule has 1 aromatic rings. The summed E-state index contributed by atoms with van der Waals surface area (Å²) in [6, 6.07) is 0.0216. The van der Waals surface area contributed by atoms with Gasteiger partial charge in [-0.1, -0.05) is 6.07 Å². The summed E-state index contributed by atoms with van der Waals surface area (Å²) < 4.78 is 10.5. The van der Waals surface area contributed by atoms with Crippen molar-refractivity contribution in [3.05, 3.63) is 30.1 Å². The second-order valence-corrected chi connectivity index (χ2v) is 11.2. The van der Waals surface area contributed by atoms with E-state index in [9.17, 15) is 34.2 Å². The second kappa shape index (κ2) is 15.2. The first-order valence-electron chi connectivity index (χ1n) is 14.8. The van der Waals surface area contributed by atoms with Crippen LogP contribution in [0.2, 0.25) is 0 Å². The number of hydrogen-bond acceptors (Lipinski definition) is 11. The minimum atomic E-state index is -1.12. The molecule has 7 atom stereocenters. The summed E-state index contributed by atoms with van der Waals surface area (Å²) in [7, 11) is 0. The van der Waals surface area contributed by atoms with E-state index in [4.69, 9.17) is 9.47 Å². The highest BCUT2D eigenvalue weighted by Gasteiger charge is 2.40. The van der Waals surface area contributed by atoms with Crippen LogP contribution in [0.3, 0.4) is 0 Å². The van der Waals surface area contributed by atoms with Crippen molar-refractivity contribution in [1.82, 2.24) is 36.1 Å². The normalized spacial score (nSPS) is 27.6.